The number of nitrogens with zero attached hydrogens (tertiary/aromatic N) is 5. The lowest BCUT2D eigenvalue weighted by atomic mass is 9.89. The molecule has 1 unspecified atom stereocenters. The van der Waals surface area contributed by atoms with Gasteiger partial charge in [0.2, 0.25) is 5.95 Å². The molecule has 0 spiro atoms. The highest BCUT2D eigenvalue weighted by Crippen LogP contribution is 2.39. The number of fused-ring (bicyclic) bond motifs is 3. The molecule has 8 heteroatoms. The molecule has 2 atom stereocenters. The summed E-state index contributed by atoms with van der Waals surface area (Å²) < 4.78 is 0. The molecule has 3 aliphatic rings. The zero-order valence-corrected chi connectivity index (χ0v) is 19.5. The van der Waals surface area contributed by atoms with Crippen molar-refractivity contribution in [2.75, 3.05) is 50.0 Å². The van der Waals surface area contributed by atoms with E-state index in [2.05, 4.69) is 51.5 Å². The number of likely N-dealkylation sites (N-methyl/N-ethyl adjacent to an activating group) is 1. The Morgan fingerprint density at radius 2 is 2.00 bits per heavy atom. The van der Waals surface area contributed by atoms with Gasteiger partial charge >= 0.3 is 0 Å². The maximum absolute atomic E-state index is 13.0. The Morgan fingerprint density at radius 1 is 1.18 bits per heavy atom. The number of piperazine rings is 1. The summed E-state index contributed by atoms with van der Waals surface area (Å²) in [5, 5.41) is 6.60. The normalized spacial score (nSPS) is 21.1. The Kier molecular flexibility index (Phi) is 5.85. The first-order valence-electron chi connectivity index (χ1n) is 11.8. The molecule has 0 radical (unpaired) electrons. The molecule has 1 aliphatic carbocycles. The van der Waals surface area contributed by atoms with Gasteiger partial charge in [-0.1, -0.05) is 26.3 Å². The SMILES string of the molecule is CCC(C)[C@@H]1C=C2C(=Cc3cnc(Nc4ccc(N5CCNCC5)cn4)nc32)C(=O)N(C)C1. The van der Waals surface area contributed by atoms with Gasteiger partial charge in [-0.2, -0.15) is 0 Å². The van der Waals surface area contributed by atoms with E-state index in [-0.39, 0.29) is 5.91 Å². The third kappa shape index (κ3) is 4.23. The van der Waals surface area contributed by atoms with E-state index in [4.69, 9.17) is 4.98 Å². The van der Waals surface area contributed by atoms with Gasteiger partial charge < -0.3 is 20.4 Å². The summed E-state index contributed by atoms with van der Waals surface area (Å²) in [5.41, 5.74) is 4.46. The molecule has 1 saturated heterocycles. The molecule has 172 valence electrons. The minimum Gasteiger partial charge on any atom is -0.368 e. The first-order chi connectivity index (χ1) is 16.0. The lowest BCUT2D eigenvalue weighted by Gasteiger charge is -2.29. The van der Waals surface area contributed by atoms with Crippen LogP contribution in [0.4, 0.5) is 17.5 Å². The molecule has 5 rings (SSSR count). The summed E-state index contributed by atoms with van der Waals surface area (Å²) in [4.78, 5) is 31.0. The highest BCUT2D eigenvalue weighted by molar-refractivity contribution is 6.16. The average molecular weight is 446 g/mol. The van der Waals surface area contributed by atoms with Gasteiger partial charge in [-0.05, 0) is 30.0 Å². The van der Waals surface area contributed by atoms with Crippen molar-refractivity contribution in [1.29, 1.82) is 0 Å². The van der Waals surface area contributed by atoms with Gasteiger partial charge in [0.05, 0.1) is 17.6 Å². The molecule has 2 N–H and O–H groups in total. The van der Waals surface area contributed by atoms with E-state index in [1.54, 1.807) is 6.20 Å². The van der Waals surface area contributed by atoms with Crippen LogP contribution < -0.4 is 15.5 Å². The first kappa shape index (κ1) is 21.6. The van der Waals surface area contributed by atoms with Gasteiger partial charge in [0.1, 0.15) is 5.82 Å². The zero-order valence-electron chi connectivity index (χ0n) is 19.5. The van der Waals surface area contributed by atoms with Crippen molar-refractivity contribution in [2.24, 2.45) is 11.8 Å². The molecule has 1 amide bonds. The molecule has 0 saturated carbocycles. The molecule has 4 heterocycles. The molecule has 0 aromatic carbocycles. The van der Waals surface area contributed by atoms with E-state index < -0.39 is 0 Å². The number of carbonyl (C=O) groups excluding carboxylic acids is 1. The Bertz CT molecular complexity index is 1100. The molecular weight excluding hydrogens is 414 g/mol. The summed E-state index contributed by atoms with van der Waals surface area (Å²) in [6.07, 6.45) is 8.90. The maximum Gasteiger partial charge on any atom is 0.254 e. The van der Waals surface area contributed by atoms with Crippen molar-refractivity contribution in [3.63, 3.8) is 0 Å². The quantitative estimate of drug-likeness (QED) is 0.732. The van der Waals surface area contributed by atoms with Crippen LogP contribution in [0.2, 0.25) is 0 Å². The molecule has 2 aliphatic heterocycles. The van der Waals surface area contributed by atoms with Gasteiger partial charge in [0, 0.05) is 62.7 Å². The minimum atomic E-state index is 0.0460. The Hall–Kier alpha value is -3.26. The highest BCUT2D eigenvalue weighted by atomic mass is 16.2. The van der Waals surface area contributed by atoms with Crippen LogP contribution in [0.1, 0.15) is 31.5 Å². The number of pyridine rings is 1. The largest absolute Gasteiger partial charge is 0.368 e. The van der Waals surface area contributed by atoms with E-state index in [1.165, 1.54) is 0 Å². The van der Waals surface area contributed by atoms with Crippen molar-refractivity contribution < 1.29 is 4.79 Å². The Labute approximate surface area is 194 Å². The van der Waals surface area contributed by atoms with Crippen LogP contribution in [-0.4, -0.2) is 65.5 Å². The predicted molar refractivity (Wildman–Crippen MR) is 131 cm³/mol. The Balaban J connectivity index is 1.39. The van der Waals surface area contributed by atoms with Crippen molar-refractivity contribution in [1.82, 2.24) is 25.2 Å². The van der Waals surface area contributed by atoms with Crippen molar-refractivity contribution in [3.05, 3.63) is 47.4 Å². The summed E-state index contributed by atoms with van der Waals surface area (Å²) in [5.74, 6) is 2.00. The van der Waals surface area contributed by atoms with Gasteiger partial charge in [-0.25, -0.2) is 15.0 Å². The first-order valence-corrected chi connectivity index (χ1v) is 11.8. The fourth-order valence-electron chi connectivity index (χ4n) is 4.68. The topological polar surface area (TPSA) is 86.3 Å². The standard InChI is InChI=1S/C25H31N7O/c1-4-16(2)18-12-20-21(24(33)31(3)15-18)11-17-13-28-25(30-23(17)20)29-22-6-5-19(14-27-22)32-9-7-26-8-10-32/h5-6,11-14,16,18,26H,4,7-10,15H2,1-3H3,(H,27,28,29,30)/t16?,18-/m1/s1. The smallest absolute Gasteiger partial charge is 0.254 e. The van der Waals surface area contributed by atoms with E-state index >= 15 is 0 Å². The van der Waals surface area contributed by atoms with E-state index in [0.29, 0.717) is 29.2 Å². The lowest BCUT2D eigenvalue weighted by Crippen LogP contribution is -2.43. The van der Waals surface area contributed by atoms with Crippen LogP contribution in [0, 0.1) is 11.8 Å². The predicted octanol–water partition coefficient (Wildman–Crippen LogP) is 2.94. The highest BCUT2D eigenvalue weighted by Gasteiger charge is 2.33. The number of anilines is 3. The van der Waals surface area contributed by atoms with Crippen molar-refractivity contribution in [2.45, 2.75) is 20.3 Å². The Morgan fingerprint density at radius 3 is 2.73 bits per heavy atom. The zero-order chi connectivity index (χ0) is 22.9. The summed E-state index contributed by atoms with van der Waals surface area (Å²) in [7, 11) is 1.88. The van der Waals surface area contributed by atoms with Crippen LogP contribution in [0.25, 0.3) is 11.6 Å². The number of hydrogen-bond donors (Lipinski definition) is 2. The van der Waals surface area contributed by atoms with Crippen LogP contribution in [0.5, 0.6) is 0 Å². The van der Waals surface area contributed by atoms with Crippen molar-refractivity contribution >= 4 is 35.0 Å². The number of carbonyl (C=O) groups is 1. The van der Waals surface area contributed by atoms with Gasteiger partial charge in [-0.3, -0.25) is 4.79 Å². The number of aromatic nitrogens is 3. The number of amides is 1. The molecule has 2 aromatic rings. The third-order valence-electron chi connectivity index (χ3n) is 6.95. The van der Waals surface area contributed by atoms with Crippen molar-refractivity contribution in [3.8, 4) is 0 Å². The minimum absolute atomic E-state index is 0.0460. The fourth-order valence-corrected chi connectivity index (χ4v) is 4.68. The monoisotopic (exact) mass is 445 g/mol. The van der Waals surface area contributed by atoms with E-state index in [1.807, 2.05) is 30.3 Å². The van der Waals surface area contributed by atoms with E-state index in [0.717, 1.165) is 61.7 Å². The lowest BCUT2D eigenvalue weighted by molar-refractivity contribution is -0.125. The average Bonchev–Trinajstić information content (AvgIpc) is 3.15. The van der Waals surface area contributed by atoms with Gasteiger partial charge in [0.15, 0.2) is 0 Å². The summed E-state index contributed by atoms with van der Waals surface area (Å²) in [6.45, 7) is 9.11. The molecular formula is C25H31N7O. The summed E-state index contributed by atoms with van der Waals surface area (Å²) >= 11 is 0. The second kappa shape index (κ2) is 8.94. The maximum atomic E-state index is 13.0. The number of hydrogen-bond acceptors (Lipinski definition) is 7. The fraction of sp³-hybridized carbons (Fsp3) is 0.440. The van der Waals surface area contributed by atoms with Crippen LogP contribution in [-0.2, 0) is 4.79 Å². The van der Waals surface area contributed by atoms with Crippen LogP contribution in [0.3, 0.4) is 0 Å². The summed E-state index contributed by atoms with van der Waals surface area (Å²) in [6, 6.07) is 4.03. The second-order valence-electron chi connectivity index (χ2n) is 9.13. The third-order valence-corrected chi connectivity index (χ3v) is 6.95. The van der Waals surface area contributed by atoms with Crippen LogP contribution >= 0.6 is 0 Å². The van der Waals surface area contributed by atoms with E-state index in [9.17, 15) is 4.79 Å². The molecule has 33 heavy (non-hydrogen) atoms. The van der Waals surface area contributed by atoms with Crippen LogP contribution in [0.15, 0.2) is 36.2 Å². The molecule has 2 aromatic heterocycles. The molecule has 1 fully saturated rings. The number of nitrogens with one attached hydrogen (secondary N) is 2. The molecule has 0 bridgehead atoms. The second-order valence-corrected chi connectivity index (χ2v) is 9.13. The number of rotatable bonds is 5. The molecule has 8 nitrogen and oxygen atoms in total. The van der Waals surface area contributed by atoms with Gasteiger partial charge in [-0.15, -0.1) is 0 Å². The van der Waals surface area contributed by atoms with Gasteiger partial charge in [0.25, 0.3) is 5.91 Å².